The van der Waals surface area contributed by atoms with Crippen LogP contribution in [0.5, 0.6) is 0 Å². The minimum absolute atomic E-state index is 0.444. The third-order valence-electron chi connectivity index (χ3n) is 2.35. The van der Waals surface area contributed by atoms with Gasteiger partial charge in [-0.05, 0) is 46.3 Å². The van der Waals surface area contributed by atoms with Gasteiger partial charge in [0.2, 0.25) is 0 Å². The van der Waals surface area contributed by atoms with Crippen molar-refractivity contribution >= 4 is 33.2 Å². The summed E-state index contributed by atoms with van der Waals surface area (Å²) in [5.41, 5.74) is -0.394. The van der Waals surface area contributed by atoms with Gasteiger partial charge in [0.25, 0.3) is 0 Å². The molecule has 6 nitrogen and oxygen atoms in total. The fourth-order valence-electron chi connectivity index (χ4n) is 1.26. The lowest BCUT2D eigenvalue weighted by Crippen LogP contribution is -2.37. The van der Waals surface area contributed by atoms with Crippen molar-refractivity contribution in [2.24, 2.45) is 0 Å². The fourth-order valence-corrected chi connectivity index (χ4v) is 2.40. The van der Waals surface area contributed by atoms with E-state index in [1.165, 1.54) is 16.0 Å². The molecule has 0 aliphatic carbocycles. The van der Waals surface area contributed by atoms with E-state index < -0.39 is 11.5 Å². The summed E-state index contributed by atoms with van der Waals surface area (Å²) < 4.78 is 2.25. The number of halogens is 1. The molecule has 17 heavy (non-hydrogen) atoms. The highest BCUT2D eigenvalue weighted by Crippen LogP contribution is 2.29. The molecule has 90 valence electrons. The molecule has 2 rings (SSSR count). The van der Waals surface area contributed by atoms with Crippen molar-refractivity contribution in [1.82, 2.24) is 20.2 Å². The van der Waals surface area contributed by atoms with E-state index in [1.807, 2.05) is 11.4 Å². The molecule has 2 heterocycles. The maximum absolute atomic E-state index is 11.2. The Hall–Kier alpha value is -1.28. The SMILES string of the molecule is CC(C)(C(=O)O)n1nnnc1-c1csc(Br)c1. The summed E-state index contributed by atoms with van der Waals surface area (Å²) >= 11 is 4.84. The molecule has 0 aliphatic heterocycles. The van der Waals surface area contributed by atoms with Crippen LogP contribution in [0.1, 0.15) is 13.8 Å². The maximum Gasteiger partial charge on any atom is 0.331 e. The number of carboxylic acid groups (broad SMARTS) is 1. The summed E-state index contributed by atoms with van der Waals surface area (Å²) in [5.74, 6) is -0.542. The van der Waals surface area contributed by atoms with Crippen LogP contribution in [0.3, 0.4) is 0 Å². The molecule has 0 saturated carbocycles. The van der Waals surface area contributed by atoms with Crippen LogP contribution in [-0.2, 0) is 10.3 Å². The molecule has 0 unspecified atom stereocenters. The molecule has 0 aromatic carbocycles. The molecule has 0 radical (unpaired) electrons. The number of hydrogen-bond acceptors (Lipinski definition) is 5. The van der Waals surface area contributed by atoms with Crippen LogP contribution in [0.2, 0.25) is 0 Å². The van der Waals surface area contributed by atoms with E-state index >= 15 is 0 Å². The first-order chi connectivity index (χ1) is 7.93. The summed E-state index contributed by atoms with van der Waals surface area (Å²) in [4.78, 5) is 11.2. The van der Waals surface area contributed by atoms with Crippen molar-refractivity contribution in [1.29, 1.82) is 0 Å². The number of aromatic nitrogens is 4. The van der Waals surface area contributed by atoms with E-state index in [4.69, 9.17) is 5.11 Å². The Bertz CT molecular complexity index is 563. The van der Waals surface area contributed by atoms with Crippen molar-refractivity contribution in [3.63, 3.8) is 0 Å². The first kappa shape index (κ1) is 12.2. The Balaban J connectivity index is 2.52. The third-order valence-corrected chi connectivity index (χ3v) is 3.85. The van der Waals surface area contributed by atoms with Gasteiger partial charge in [0.05, 0.1) is 3.79 Å². The average molecular weight is 317 g/mol. The summed E-state index contributed by atoms with van der Waals surface area (Å²) in [6.45, 7) is 3.10. The molecule has 2 aromatic heterocycles. The number of thiophene rings is 1. The van der Waals surface area contributed by atoms with Crippen LogP contribution >= 0.6 is 27.3 Å². The third kappa shape index (κ3) is 2.09. The van der Waals surface area contributed by atoms with Crippen LogP contribution < -0.4 is 0 Å². The number of nitrogens with zero attached hydrogens (tertiary/aromatic N) is 4. The Morgan fingerprint density at radius 1 is 1.59 bits per heavy atom. The van der Waals surface area contributed by atoms with E-state index in [9.17, 15) is 4.79 Å². The number of carbonyl (C=O) groups is 1. The van der Waals surface area contributed by atoms with Crippen molar-refractivity contribution in [3.8, 4) is 11.4 Å². The molecular weight excluding hydrogens is 308 g/mol. The number of carboxylic acids is 1. The summed E-state index contributed by atoms with van der Waals surface area (Å²) in [6.07, 6.45) is 0. The second-order valence-corrected chi connectivity index (χ2v) is 6.21. The van der Waals surface area contributed by atoms with Gasteiger partial charge < -0.3 is 5.11 Å². The molecule has 8 heteroatoms. The minimum atomic E-state index is -1.19. The Labute approximate surface area is 109 Å². The average Bonchev–Trinajstić information content (AvgIpc) is 2.84. The molecule has 1 N–H and O–H groups in total. The number of hydrogen-bond donors (Lipinski definition) is 1. The summed E-state index contributed by atoms with van der Waals surface area (Å²) in [7, 11) is 0. The monoisotopic (exact) mass is 316 g/mol. The largest absolute Gasteiger partial charge is 0.479 e. The van der Waals surface area contributed by atoms with E-state index in [0.717, 1.165) is 9.35 Å². The Morgan fingerprint density at radius 2 is 2.29 bits per heavy atom. The van der Waals surface area contributed by atoms with Crippen molar-refractivity contribution in [3.05, 3.63) is 15.2 Å². The lowest BCUT2D eigenvalue weighted by molar-refractivity contribution is -0.146. The smallest absolute Gasteiger partial charge is 0.331 e. The van der Waals surface area contributed by atoms with Gasteiger partial charge in [-0.25, -0.2) is 9.48 Å². The zero-order chi connectivity index (χ0) is 12.6. The molecule has 0 spiro atoms. The van der Waals surface area contributed by atoms with Gasteiger partial charge in [-0.15, -0.1) is 16.4 Å². The molecular formula is C9H9BrN4O2S. The van der Waals surface area contributed by atoms with Gasteiger partial charge in [-0.3, -0.25) is 0 Å². The number of rotatable bonds is 3. The van der Waals surface area contributed by atoms with Crippen LogP contribution in [0, 0.1) is 0 Å². The minimum Gasteiger partial charge on any atom is -0.479 e. The molecule has 0 saturated heterocycles. The normalized spacial score (nSPS) is 11.7. The second-order valence-electron chi connectivity index (χ2n) is 3.92. The van der Waals surface area contributed by atoms with Crippen LogP contribution in [0.25, 0.3) is 11.4 Å². The van der Waals surface area contributed by atoms with Gasteiger partial charge in [-0.1, -0.05) is 0 Å². The number of aliphatic carboxylic acids is 1. The quantitative estimate of drug-likeness (QED) is 0.936. The second kappa shape index (κ2) is 4.19. The van der Waals surface area contributed by atoms with E-state index in [2.05, 4.69) is 31.5 Å². The van der Waals surface area contributed by atoms with Gasteiger partial charge in [0.15, 0.2) is 11.4 Å². The van der Waals surface area contributed by atoms with Crippen molar-refractivity contribution < 1.29 is 9.90 Å². The number of tetrazole rings is 1. The highest BCUT2D eigenvalue weighted by atomic mass is 79.9. The van der Waals surface area contributed by atoms with Crippen molar-refractivity contribution in [2.75, 3.05) is 0 Å². The standard InChI is InChI=1S/C9H9BrN4O2S/c1-9(2,8(15)16)14-7(11-12-13-14)5-3-6(10)17-4-5/h3-4H,1-2H3,(H,15,16). The van der Waals surface area contributed by atoms with Gasteiger partial charge in [-0.2, -0.15) is 0 Å². The fraction of sp³-hybridized carbons (Fsp3) is 0.333. The van der Waals surface area contributed by atoms with Crippen LogP contribution in [0.15, 0.2) is 15.2 Å². The Morgan fingerprint density at radius 3 is 2.82 bits per heavy atom. The van der Waals surface area contributed by atoms with Gasteiger partial charge in [0, 0.05) is 10.9 Å². The molecule has 0 aliphatic rings. The van der Waals surface area contributed by atoms with E-state index in [1.54, 1.807) is 13.8 Å². The summed E-state index contributed by atoms with van der Waals surface area (Å²) in [5, 5.41) is 22.2. The Kier molecular flexibility index (Phi) is 3.00. The highest BCUT2D eigenvalue weighted by molar-refractivity contribution is 9.11. The van der Waals surface area contributed by atoms with Gasteiger partial charge in [0.1, 0.15) is 0 Å². The van der Waals surface area contributed by atoms with Gasteiger partial charge >= 0.3 is 5.97 Å². The topological polar surface area (TPSA) is 80.9 Å². The highest BCUT2D eigenvalue weighted by Gasteiger charge is 2.33. The zero-order valence-electron chi connectivity index (χ0n) is 9.09. The maximum atomic E-state index is 11.2. The first-order valence-electron chi connectivity index (χ1n) is 4.69. The predicted octanol–water partition coefficient (Wildman–Crippen LogP) is 1.98. The predicted molar refractivity (Wildman–Crippen MR) is 65.8 cm³/mol. The molecule has 2 aromatic rings. The molecule has 0 fully saturated rings. The van der Waals surface area contributed by atoms with Crippen LogP contribution in [0.4, 0.5) is 0 Å². The molecule has 0 amide bonds. The van der Waals surface area contributed by atoms with Crippen molar-refractivity contribution in [2.45, 2.75) is 19.4 Å². The summed E-state index contributed by atoms with van der Waals surface area (Å²) in [6, 6.07) is 1.85. The zero-order valence-corrected chi connectivity index (χ0v) is 11.5. The molecule has 0 atom stereocenters. The molecule has 0 bridgehead atoms. The lowest BCUT2D eigenvalue weighted by atomic mass is 10.1. The van der Waals surface area contributed by atoms with Crippen LogP contribution in [-0.4, -0.2) is 31.3 Å². The lowest BCUT2D eigenvalue weighted by Gasteiger charge is -2.19. The first-order valence-corrected chi connectivity index (χ1v) is 6.37. The van der Waals surface area contributed by atoms with E-state index in [0.29, 0.717) is 5.82 Å². The van der Waals surface area contributed by atoms with E-state index in [-0.39, 0.29) is 0 Å².